The molecule has 3 rings (SSSR count). The van der Waals surface area contributed by atoms with Crippen LogP contribution in [0, 0.1) is 19.8 Å². The molecule has 122 valence electrons. The van der Waals surface area contributed by atoms with Crippen LogP contribution >= 0.6 is 0 Å². The Hall–Kier alpha value is -2.21. The largest absolute Gasteiger partial charge is 0.370 e. The van der Waals surface area contributed by atoms with Crippen LogP contribution < -0.4 is 5.32 Å². The standard InChI is InChI=1S/C17H22N4O2/c1-11-4-3-5-12(2)14(11)8-15(22)18-9-13-6-7-23-16(13)17-19-10-20-21-17/h3-5,10,13,16H,6-9H2,1-2H3,(H,18,22)(H,19,20,21)/t13-,16-/m0/s1. The van der Waals surface area contributed by atoms with Crippen LogP contribution in [0.4, 0.5) is 0 Å². The Morgan fingerprint density at radius 3 is 2.87 bits per heavy atom. The van der Waals surface area contributed by atoms with Gasteiger partial charge in [0, 0.05) is 19.1 Å². The summed E-state index contributed by atoms with van der Waals surface area (Å²) in [6.07, 6.45) is 2.69. The average Bonchev–Trinajstić information content (AvgIpc) is 3.19. The van der Waals surface area contributed by atoms with E-state index in [1.54, 1.807) is 0 Å². The molecule has 1 aromatic heterocycles. The molecule has 1 aliphatic heterocycles. The fraction of sp³-hybridized carbons (Fsp3) is 0.471. The van der Waals surface area contributed by atoms with Gasteiger partial charge in [0.15, 0.2) is 5.82 Å². The van der Waals surface area contributed by atoms with Crippen LogP contribution in [0.3, 0.4) is 0 Å². The van der Waals surface area contributed by atoms with E-state index in [2.05, 4.69) is 20.5 Å². The lowest BCUT2D eigenvalue weighted by atomic mass is 9.99. The number of nitrogens with zero attached hydrogens (tertiary/aromatic N) is 2. The van der Waals surface area contributed by atoms with Gasteiger partial charge in [0.05, 0.1) is 6.42 Å². The molecule has 2 heterocycles. The van der Waals surface area contributed by atoms with Gasteiger partial charge in [-0.05, 0) is 37.0 Å². The number of hydrogen-bond donors (Lipinski definition) is 2. The third-order valence-electron chi connectivity index (χ3n) is 4.46. The van der Waals surface area contributed by atoms with E-state index < -0.39 is 0 Å². The molecule has 0 saturated carbocycles. The summed E-state index contributed by atoms with van der Waals surface area (Å²) in [6, 6.07) is 6.10. The second kappa shape index (κ2) is 6.91. The minimum Gasteiger partial charge on any atom is -0.370 e. The number of carbonyl (C=O) groups excluding carboxylic acids is 1. The van der Waals surface area contributed by atoms with Crippen LogP contribution in [-0.4, -0.2) is 34.2 Å². The van der Waals surface area contributed by atoms with E-state index in [1.807, 2.05) is 32.0 Å². The van der Waals surface area contributed by atoms with E-state index in [9.17, 15) is 4.79 Å². The summed E-state index contributed by atoms with van der Waals surface area (Å²) in [7, 11) is 0. The molecule has 2 atom stereocenters. The number of benzene rings is 1. The van der Waals surface area contributed by atoms with Gasteiger partial charge < -0.3 is 10.1 Å². The molecule has 0 aliphatic carbocycles. The highest BCUT2D eigenvalue weighted by Gasteiger charge is 2.31. The van der Waals surface area contributed by atoms with E-state index >= 15 is 0 Å². The topological polar surface area (TPSA) is 79.9 Å². The van der Waals surface area contributed by atoms with Crippen molar-refractivity contribution in [2.24, 2.45) is 5.92 Å². The smallest absolute Gasteiger partial charge is 0.224 e. The summed E-state index contributed by atoms with van der Waals surface area (Å²) in [5, 5.41) is 9.76. The van der Waals surface area contributed by atoms with Crippen molar-refractivity contribution in [3.05, 3.63) is 47.0 Å². The first kappa shape index (κ1) is 15.7. The summed E-state index contributed by atoms with van der Waals surface area (Å²) in [5.74, 6) is 1.01. The SMILES string of the molecule is Cc1cccc(C)c1CC(=O)NC[C@@H]1CCO[C@@H]1c1ncn[nH]1. The first-order chi connectivity index (χ1) is 11.1. The molecule has 6 heteroatoms. The number of nitrogens with one attached hydrogen (secondary N) is 2. The van der Waals surface area contributed by atoms with Crippen molar-refractivity contribution in [1.82, 2.24) is 20.5 Å². The van der Waals surface area contributed by atoms with Crippen molar-refractivity contribution in [3.8, 4) is 0 Å². The quantitative estimate of drug-likeness (QED) is 0.883. The molecule has 23 heavy (non-hydrogen) atoms. The molecule has 0 bridgehead atoms. The minimum absolute atomic E-state index is 0.0469. The Bertz CT molecular complexity index is 649. The normalized spacial score (nSPS) is 20.6. The molecular weight excluding hydrogens is 292 g/mol. The van der Waals surface area contributed by atoms with Crippen molar-refractivity contribution < 1.29 is 9.53 Å². The molecule has 1 fully saturated rings. The Balaban J connectivity index is 1.57. The molecule has 2 N–H and O–H groups in total. The van der Waals surface area contributed by atoms with Crippen LogP contribution in [0.2, 0.25) is 0 Å². The highest BCUT2D eigenvalue weighted by molar-refractivity contribution is 5.79. The molecule has 0 radical (unpaired) electrons. The molecule has 1 aliphatic rings. The maximum Gasteiger partial charge on any atom is 0.224 e. The fourth-order valence-corrected chi connectivity index (χ4v) is 3.09. The lowest BCUT2D eigenvalue weighted by Crippen LogP contribution is -2.32. The van der Waals surface area contributed by atoms with Crippen molar-refractivity contribution in [2.75, 3.05) is 13.2 Å². The van der Waals surface area contributed by atoms with E-state index in [1.165, 1.54) is 6.33 Å². The van der Waals surface area contributed by atoms with Crippen molar-refractivity contribution in [1.29, 1.82) is 0 Å². The summed E-state index contributed by atoms with van der Waals surface area (Å²) < 4.78 is 5.71. The zero-order chi connectivity index (χ0) is 16.2. The molecule has 1 amide bonds. The predicted molar refractivity (Wildman–Crippen MR) is 85.8 cm³/mol. The van der Waals surface area contributed by atoms with E-state index in [-0.39, 0.29) is 17.9 Å². The Labute approximate surface area is 135 Å². The highest BCUT2D eigenvalue weighted by atomic mass is 16.5. The van der Waals surface area contributed by atoms with Gasteiger partial charge in [-0.2, -0.15) is 5.10 Å². The third kappa shape index (κ3) is 3.59. The summed E-state index contributed by atoms with van der Waals surface area (Å²) >= 11 is 0. The van der Waals surface area contributed by atoms with Gasteiger partial charge >= 0.3 is 0 Å². The molecule has 1 saturated heterocycles. The van der Waals surface area contributed by atoms with Crippen molar-refractivity contribution >= 4 is 5.91 Å². The van der Waals surface area contributed by atoms with E-state index in [0.717, 1.165) is 28.9 Å². The molecular formula is C17H22N4O2. The zero-order valence-corrected chi connectivity index (χ0v) is 13.5. The number of aryl methyl sites for hydroxylation is 2. The third-order valence-corrected chi connectivity index (χ3v) is 4.46. The van der Waals surface area contributed by atoms with Crippen LogP contribution in [0.25, 0.3) is 0 Å². The van der Waals surface area contributed by atoms with E-state index in [4.69, 9.17) is 4.74 Å². The first-order valence-corrected chi connectivity index (χ1v) is 7.94. The Kier molecular flexibility index (Phi) is 4.71. The monoisotopic (exact) mass is 314 g/mol. The lowest BCUT2D eigenvalue weighted by Gasteiger charge is -2.17. The van der Waals surface area contributed by atoms with Gasteiger partial charge in [-0.25, -0.2) is 4.98 Å². The van der Waals surface area contributed by atoms with Crippen molar-refractivity contribution in [2.45, 2.75) is 32.8 Å². The molecule has 0 spiro atoms. The Morgan fingerprint density at radius 1 is 1.39 bits per heavy atom. The van der Waals surface area contributed by atoms with Gasteiger partial charge in [0.1, 0.15) is 12.4 Å². The first-order valence-electron chi connectivity index (χ1n) is 7.94. The van der Waals surface area contributed by atoms with Gasteiger partial charge in [-0.1, -0.05) is 18.2 Å². The van der Waals surface area contributed by atoms with Crippen LogP contribution in [0.1, 0.15) is 35.0 Å². The van der Waals surface area contributed by atoms with Crippen LogP contribution in [0.5, 0.6) is 0 Å². The summed E-state index contributed by atoms with van der Waals surface area (Å²) in [5.41, 5.74) is 3.42. The molecule has 6 nitrogen and oxygen atoms in total. The summed E-state index contributed by atoms with van der Waals surface area (Å²) in [4.78, 5) is 16.4. The Morgan fingerprint density at radius 2 is 2.17 bits per heavy atom. The number of H-pyrrole nitrogens is 1. The van der Waals surface area contributed by atoms with Gasteiger partial charge in [0.25, 0.3) is 0 Å². The number of amides is 1. The van der Waals surface area contributed by atoms with Crippen LogP contribution in [-0.2, 0) is 16.0 Å². The van der Waals surface area contributed by atoms with Gasteiger partial charge in [-0.15, -0.1) is 0 Å². The van der Waals surface area contributed by atoms with E-state index in [0.29, 0.717) is 19.6 Å². The maximum atomic E-state index is 12.3. The molecule has 1 aromatic carbocycles. The average molecular weight is 314 g/mol. The van der Waals surface area contributed by atoms with Crippen LogP contribution in [0.15, 0.2) is 24.5 Å². The number of rotatable bonds is 5. The number of ether oxygens (including phenoxy) is 1. The maximum absolute atomic E-state index is 12.3. The second-order valence-corrected chi connectivity index (χ2v) is 6.06. The highest BCUT2D eigenvalue weighted by Crippen LogP contribution is 2.31. The minimum atomic E-state index is -0.113. The number of carbonyl (C=O) groups is 1. The predicted octanol–water partition coefficient (Wildman–Crippen LogP) is 1.86. The van der Waals surface area contributed by atoms with Gasteiger partial charge in [0.2, 0.25) is 5.91 Å². The number of aromatic amines is 1. The van der Waals surface area contributed by atoms with Gasteiger partial charge in [-0.3, -0.25) is 9.89 Å². The number of hydrogen-bond acceptors (Lipinski definition) is 4. The molecule has 0 unspecified atom stereocenters. The zero-order valence-electron chi connectivity index (χ0n) is 13.5. The second-order valence-electron chi connectivity index (χ2n) is 6.06. The molecule has 2 aromatic rings. The number of aromatic nitrogens is 3. The summed E-state index contributed by atoms with van der Waals surface area (Å²) in [6.45, 7) is 5.36. The van der Waals surface area contributed by atoms with Crippen molar-refractivity contribution in [3.63, 3.8) is 0 Å². The fourth-order valence-electron chi connectivity index (χ4n) is 3.09. The lowest BCUT2D eigenvalue weighted by molar-refractivity contribution is -0.120.